The number of aromatic nitrogens is 2. The molecule has 1 aromatic rings. The number of nitrogens with zero attached hydrogens (tertiary/aromatic N) is 2. The molecule has 1 amide bonds. The predicted molar refractivity (Wildman–Crippen MR) is 54.3 cm³/mol. The first kappa shape index (κ1) is 10.6. The number of carboxylic acid groups (broad SMARTS) is 1. The Labute approximate surface area is 91.4 Å². The van der Waals surface area contributed by atoms with Crippen molar-refractivity contribution in [3.63, 3.8) is 0 Å². The maximum Gasteiger partial charge on any atom is 0.339 e. The first-order valence-corrected chi connectivity index (χ1v) is 4.97. The average molecular weight is 224 g/mol. The number of carboxylic acids is 1. The lowest BCUT2D eigenvalue weighted by atomic mass is 10.2. The summed E-state index contributed by atoms with van der Waals surface area (Å²) in [5.41, 5.74) is -0.0297. The topological polar surface area (TPSA) is 98.3 Å². The fourth-order valence-corrected chi connectivity index (χ4v) is 1.64. The molecule has 0 atom stereocenters. The van der Waals surface area contributed by atoms with Crippen LogP contribution < -0.4 is 5.32 Å². The van der Waals surface area contributed by atoms with Crippen molar-refractivity contribution in [1.82, 2.24) is 20.4 Å². The van der Waals surface area contributed by atoms with Gasteiger partial charge >= 0.3 is 5.97 Å². The molecule has 1 aliphatic rings. The van der Waals surface area contributed by atoms with E-state index in [0.29, 0.717) is 13.1 Å². The maximum absolute atomic E-state index is 11.9. The molecule has 0 bridgehead atoms. The summed E-state index contributed by atoms with van der Waals surface area (Å²) < 4.78 is 0. The number of aromatic amines is 1. The molecule has 2 rings (SSSR count). The van der Waals surface area contributed by atoms with E-state index in [2.05, 4.69) is 15.5 Å². The Morgan fingerprint density at radius 2 is 2.06 bits per heavy atom. The van der Waals surface area contributed by atoms with Gasteiger partial charge in [0.1, 0.15) is 11.3 Å². The molecule has 0 aromatic carbocycles. The Kier molecular flexibility index (Phi) is 2.86. The fraction of sp³-hybridized carbons (Fsp3) is 0.444. The van der Waals surface area contributed by atoms with Crippen LogP contribution in [0.4, 0.5) is 0 Å². The number of carbonyl (C=O) groups is 2. The summed E-state index contributed by atoms with van der Waals surface area (Å²) >= 11 is 0. The van der Waals surface area contributed by atoms with Crippen LogP contribution in [0.3, 0.4) is 0 Å². The molecule has 2 heterocycles. The van der Waals surface area contributed by atoms with Gasteiger partial charge in [-0.15, -0.1) is 0 Å². The first-order chi connectivity index (χ1) is 7.70. The number of nitrogens with one attached hydrogen (secondary N) is 2. The van der Waals surface area contributed by atoms with Gasteiger partial charge < -0.3 is 15.3 Å². The summed E-state index contributed by atoms with van der Waals surface area (Å²) in [5.74, 6) is -1.45. The summed E-state index contributed by atoms with van der Waals surface area (Å²) in [6.07, 6.45) is 1.15. The molecule has 7 heteroatoms. The van der Waals surface area contributed by atoms with Gasteiger partial charge in [0, 0.05) is 26.2 Å². The molecule has 1 fully saturated rings. The van der Waals surface area contributed by atoms with E-state index in [9.17, 15) is 9.59 Å². The first-order valence-electron chi connectivity index (χ1n) is 4.97. The second-order valence-electron chi connectivity index (χ2n) is 3.51. The molecule has 0 spiro atoms. The van der Waals surface area contributed by atoms with Crippen LogP contribution in [-0.4, -0.2) is 58.3 Å². The molecule has 86 valence electrons. The normalized spacial score (nSPS) is 16.1. The van der Waals surface area contributed by atoms with Crippen molar-refractivity contribution in [3.05, 3.63) is 17.5 Å². The van der Waals surface area contributed by atoms with Crippen LogP contribution in [0, 0.1) is 0 Å². The zero-order valence-electron chi connectivity index (χ0n) is 8.56. The number of piperazine rings is 1. The highest BCUT2D eigenvalue weighted by molar-refractivity contribution is 6.03. The third-order valence-corrected chi connectivity index (χ3v) is 2.49. The van der Waals surface area contributed by atoms with Crippen molar-refractivity contribution in [2.24, 2.45) is 0 Å². The number of hydrogen-bond donors (Lipinski definition) is 3. The molecule has 16 heavy (non-hydrogen) atoms. The molecule has 0 aliphatic carbocycles. The predicted octanol–water partition coefficient (Wildman–Crippen LogP) is -0.847. The van der Waals surface area contributed by atoms with Crippen molar-refractivity contribution in [1.29, 1.82) is 0 Å². The van der Waals surface area contributed by atoms with Gasteiger partial charge in [0.15, 0.2) is 0 Å². The van der Waals surface area contributed by atoms with Crippen LogP contribution in [0.25, 0.3) is 0 Å². The summed E-state index contributed by atoms with van der Waals surface area (Å²) in [6.45, 7) is 2.61. The number of amides is 1. The van der Waals surface area contributed by atoms with Crippen LogP contribution in [0.5, 0.6) is 0 Å². The highest BCUT2D eigenvalue weighted by atomic mass is 16.4. The molecule has 1 aliphatic heterocycles. The third-order valence-electron chi connectivity index (χ3n) is 2.49. The van der Waals surface area contributed by atoms with E-state index in [0.717, 1.165) is 19.3 Å². The summed E-state index contributed by atoms with van der Waals surface area (Å²) in [4.78, 5) is 24.4. The SMILES string of the molecule is O=C(O)c1cn[nH]c1C(=O)N1CCNCC1. The summed E-state index contributed by atoms with van der Waals surface area (Å²) in [5, 5.41) is 18.0. The molecular weight excluding hydrogens is 212 g/mol. The molecule has 1 aromatic heterocycles. The van der Waals surface area contributed by atoms with Crippen molar-refractivity contribution in [3.8, 4) is 0 Å². The van der Waals surface area contributed by atoms with Crippen molar-refractivity contribution >= 4 is 11.9 Å². The van der Waals surface area contributed by atoms with E-state index in [-0.39, 0.29) is 17.2 Å². The van der Waals surface area contributed by atoms with Gasteiger partial charge in [0.25, 0.3) is 5.91 Å². The molecule has 0 saturated carbocycles. The minimum Gasteiger partial charge on any atom is -0.478 e. The number of hydrogen-bond acceptors (Lipinski definition) is 4. The zero-order valence-corrected chi connectivity index (χ0v) is 8.56. The minimum atomic E-state index is -1.15. The van der Waals surface area contributed by atoms with Crippen LogP contribution in [0.2, 0.25) is 0 Å². The quantitative estimate of drug-likeness (QED) is 0.608. The van der Waals surface area contributed by atoms with E-state index < -0.39 is 5.97 Å². The van der Waals surface area contributed by atoms with Gasteiger partial charge in [0.2, 0.25) is 0 Å². The summed E-state index contributed by atoms with van der Waals surface area (Å²) in [7, 11) is 0. The molecule has 1 saturated heterocycles. The Morgan fingerprint density at radius 3 is 2.69 bits per heavy atom. The molecule has 3 N–H and O–H groups in total. The zero-order chi connectivity index (χ0) is 11.5. The lowest BCUT2D eigenvalue weighted by Gasteiger charge is -2.26. The summed E-state index contributed by atoms with van der Waals surface area (Å²) in [6, 6.07) is 0. The molecule has 7 nitrogen and oxygen atoms in total. The number of rotatable bonds is 2. The monoisotopic (exact) mass is 224 g/mol. The highest BCUT2D eigenvalue weighted by Gasteiger charge is 2.24. The van der Waals surface area contributed by atoms with E-state index >= 15 is 0 Å². The molecule has 0 radical (unpaired) electrons. The second kappa shape index (κ2) is 4.31. The molecule has 0 unspecified atom stereocenters. The lowest BCUT2D eigenvalue weighted by Crippen LogP contribution is -2.46. The lowest BCUT2D eigenvalue weighted by molar-refractivity contribution is 0.0668. The van der Waals surface area contributed by atoms with Crippen LogP contribution in [0.1, 0.15) is 20.8 Å². The van der Waals surface area contributed by atoms with Crippen molar-refractivity contribution in [2.45, 2.75) is 0 Å². The van der Waals surface area contributed by atoms with E-state index in [1.807, 2.05) is 0 Å². The maximum atomic E-state index is 11.9. The van der Waals surface area contributed by atoms with Crippen LogP contribution >= 0.6 is 0 Å². The number of aromatic carboxylic acids is 1. The van der Waals surface area contributed by atoms with Crippen LogP contribution in [-0.2, 0) is 0 Å². The molecular formula is C9H12N4O3. The Morgan fingerprint density at radius 1 is 1.38 bits per heavy atom. The Bertz CT molecular complexity index is 409. The van der Waals surface area contributed by atoms with E-state index in [1.54, 1.807) is 4.90 Å². The van der Waals surface area contributed by atoms with Gasteiger partial charge in [-0.3, -0.25) is 9.89 Å². The van der Waals surface area contributed by atoms with Crippen molar-refractivity contribution < 1.29 is 14.7 Å². The highest BCUT2D eigenvalue weighted by Crippen LogP contribution is 2.09. The third kappa shape index (κ3) is 1.89. The van der Waals surface area contributed by atoms with E-state index in [1.165, 1.54) is 0 Å². The smallest absolute Gasteiger partial charge is 0.339 e. The second-order valence-corrected chi connectivity index (χ2v) is 3.51. The van der Waals surface area contributed by atoms with Gasteiger partial charge in [-0.2, -0.15) is 5.10 Å². The van der Waals surface area contributed by atoms with Crippen LogP contribution in [0.15, 0.2) is 6.20 Å². The Hall–Kier alpha value is -1.89. The van der Waals surface area contributed by atoms with Gasteiger partial charge in [-0.05, 0) is 0 Å². The Balaban J connectivity index is 2.19. The largest absolute Gasteiger partial charge is 0.478 e. The average Bonchev–Trinajstić information content (AvgIpc) is 2.78. The van der Waals surface area contributed by atoms with Crippen molar-refractivity contribution in [2.75, 3.05) is 26.2 Å². The van der Waals surface area contributed by atoms with E-state index in [4.69, 9.17) is 5.11 Å². The number of carbonyl (C=O) groups excluding carboxylic acids is 1. The van der Waals surface area contributed by atoms with Gasteiger partial charge in [0.05, 0.1) is 6.20 Å². The standard InChI is InChI=1S/C9H12N4O3/c14-8(13-3-1-10-2-4-13)7-6(9(15)16)5-11-12-7/h5,10H,1-4H2,(H,11,12)(H,15,16). The number of H-pyrrole nitrogens is 1. The van der Waals surface area contributed by atoms with Gasteiger partial charge in [-0.25, -0.2) is 4.79 Å². The van der Waals surface area contributed by atoms with Gasteiger partial charge in [-0.1, -0.05) is 0 Å². The fourth-order valence-electron chi connectivity index (χ4n) is 1.64. The minimum absolute atomic E-state index is 0.0504.